The zero-order chi connectivity index (χ0) is 19.2. The van der Waals surface area contributed by atoms with Crippen LogP contribution in [0.1, 0.15) is 18.1 Å². The first-order valence-electron chi connectivity index (χ1n) is 8.36. The Hall–Kier alpha value is -2.45. The van der Waals surface area contributed by atoms with Gasteiger partial charge in [0.2, 0.25) is 0 Å². The number of nitrogens with zero attached hydrogens (tertiary/aromatic N) is 2. The molecule has 0 unspecified atom stereocenters. The number of fused-ring (bicyclic) bond motifs is 1. The van der Waals surface area contributed by atoms with Gasteiger partial charge in [0.25, 0.3) is 5.91 Å². The number of rotatable bonds is 7. The maximum absolute atomic E-state index is 12.1. The number of thiophene rings is 1. The summed E-state index contributed by atoms with van der Waals surface area (Å²) in [5, 5.41) is 6.36. The van der Waals surface area contributed by atoms with Gasteiger partial charge in [-0.3, -0.25) is 9.59 Å². The zero-order valence-corrected chi connectivity index (χ0v) is 16.6. The second kappa shape index (κ2) is 8.96. The van der Waals surface area contributed by atoms with E-state index < -0.39 is 12.1 Å². The fourth-order valence-electron chi connectivity index (χ4n) is 2.33. The first-order chi connectivity index (χ1) is 13.0. The van der Waals surface area contributed by atoms with E-state index in [2.05, 4.69) is 15.3 Å². The summed E-state index contributed by atoms with van der Waals surface area (Å²) < 4.78 is 5.22. The van der Waals surface area contributed by atoms with Gasteiger partial charge >= 0.3 is 5.97 Å². The summed E-state index contributed by atoms with van der Waals surface area (Å²) in [6.07, 6.45) is 0.628. The average Bonchev–Trinajstić information content (AvgIpc) is 3.15. The van der Waals surface area contributed by atoms with Gasteiger partial charge in [-0.05, 0) is 30.9 Å². The molecule has 3 rings (SSSR count). The molecule has 1 N–H and O–H groups in total. The van der Waals surface area contributed by atoms with Crippen molar-refractivity contribution in [1.29, 1.82) is 0 Å². The number of carbonyl (C=O) groups is 2. The number of aromatic nitrogens is 2. The Balaban J connectivity index is 1.46. The fourth-order valence-corrected chi connectivity index (χ4v) is 3.89. The maximum Gasteiger partial charge on any atom is 0.317 e. The Morgan fingerprint density at radius 1 is 1.22 bits per heavy atom. The van der Waals surface area contributed by atoms with Gasteiger partial charge in [-0.25, -0.2) is 9.97 Å². The van der Waals surface area contributed by atoms with Crippen LogP contribution in [0.5, 0.6) is 0 Å². The number of thioether (sulfide) groups is 1. The van der Waals surface area contributed by atoms with Crippen molar-refractivity contribution in [2.45, 2.75) is 31.5 Å². The number of hydrogen-bond acceptors (Lipinski definition) is 7. The van der Waals surface area contributed by atoms with Crippen molar-refractivity contribution in [3.8, 4) is 0 Å². The number of benzene rings is 1. The highest BCUT2D eigenvalue weighted by Gasteiger charge is 2.18. The van der Waals surface area contributed by atoms with Crippen LogP contribution in [-0.4, -0.2) is 33.7 Å². The lowest BCUT2D eigenvalue weighted by molar-refractivity contribution is -0.152. The lowest BCUT2D eigenvalue weighted by atomic mass is 10.1. The van der Waals surface area contributed by atoms with Gasteiger partial charge < -0.3 is 10.1 Å². The summed E-state index contributed by atoms with van der Waals surface area (Å²) >= 11 is 2.80. The Morgan fingerprint density at radius 2 is 2.00 bits per heavy atom. The van der Waals surface area contributed by atoms with Crippen molar-refractivity contribution in [1.82, 2.24) is 15.3 Å². The van der Waals surface area contributed by atoms with Gasteiger partial charge in [0.1, 0.15) is 16.2 Å². The van der Waals surface area contributed by atoms with E-state index >= 15 is 0 Å². The molecule has 0 aliphatic heterocycles. The molecule has 0 saturated carbocycles. The number of esters is 1. The number of aryl methyl sites for hydroxylation is 1. The van der Waals surface area contributed by atoms with Crippen LogP contribution in [0.3, 0.4) is 0 Å². The minimum atomic E-state index is -0.852. The maximum atomic E-state index is 12.1. The number of amides is 1. The van der Waals surface area contributed by atoms with Crippen LogP contribution in [0.15, 0.2) is 47.1 Å². The summed E-state index contributed by atoms with van der Waals surface area (Å²) in [5.74, 6) is -0.700. The van der Waals surface area contributed by atoms with Crippen LogP contribution < -0.4 is 5.32 Å². The molecule has 3 aromatic rings. The predicted octanol–water partition coefficient (Wildman–Crippen LogP) is 3.34. The molecule has 0 spiro atoms. The third kappa shape index (κ3) is 5.27. The van der Waals surface area contributed by atoms with Crippen LogP contribution in [0.2, 0.25) is 0 Å². The van der Waals surface area contributed by atoms with Crippen molar-refractivity contribution < 1.29 is 14.3 Å². The minimum absolute atomic E-state index is 0.0809. The Bertz CT molecular complexity index is 941. The summed E-state index contributed by atoms with van der Waals surface area (Å²) in [6, 6.07) is 9.81. The molecule has 1 aromatic carbocycles. The highest BCUT2D eigenvalue weighted by atomic mass is 32.2. The van der Waals surface area contributed by atoms with Gasteiger partial charge in [-0.15, -0.1) is 11.3 Å². The third-order valence-electron chi connectivity index (χ3n) is 3.82. The Labute approximate surface area is 165 Å². The van der Waals surface area contributed by atoms with Crippen LogP contribution in [0.4, 0.5) is 0 Å². The summed E-state index contributed by atoms with van der Waals surface area (Å²) in [7, 11) is 0. The van der Waals surface area contributed by atoms with Crippen molar-refractivity contribution in [2.75, 3.05) is 5.75 Å². The van der Waals surface area contributed by atoms with Crippen molar-refractivity contribution >= 4 is 45.2 Å². The summed E-state index contributed by atoms with van der Waals surface area (Å²) in [6.45, 7) is 3.97. The Morgan fingerprint density at radius 3 is 2.78 bits per heavy atom. The van der Waals surface area contributed by atoms with E-state index in [9.17, 15) is 9.59 Å². The van der Waals surface area contributed by atoms with E-state index in [0.29, 0.717) is 6.54 Å². The molecule has 27 heavy (non-hydrogen) atoms. The van der Waals surface area contributed by atoms with Crippen LogP contribution in [0.25, 0.3) is 10.2 Å². The zero-order valence-electron chi connectivity index (χ0n) is 15.0. The first kappa shape index (κ1) is 19.3. The van der Waals surface area contributed by atoms with E-state index in [-0.39, 0.29) is 11.7 Å². The normalized spacial score (nSPS) is 11.9. The molecule has 0 aliphatic carbocycles. The molecule has 140 valence electrons. The Kier molecular flexibility index (Phi) is 6.41. The molecule has 2 heterocycles. The quantitative estimate of drug-likeness (QED) is 0.371. The molecule has 8 heteroatoms. The van der Waals surface area contributed by atoms with E-state index in [1.807, 2.05) is 42.6 Å². The van der Waals surface area contributed by atoms with Gasteiger partial charge in [0, 0.05) is 11.9 Å². The number of hydrogen-bond donors (Lipinski definition) is 1. The van der Waals surface area contributed by atoms with Crippen LogP contribution in [0, 0.1) is 6.92 Å². The van der Waals surface area contributed by atoms with Gasteiger partial charge in [-0.1, -0.05) is 41.6 Å². The number of ether oxygens (including phenoxy) is 1. The average molecular weight is 402 g/mol. The standard InChI is InChI=1S/C19H19N3O3S2/c1-12-3-5-14(6-4-12)9-20-17(24)13(2)25-16(23)10-27-19-15-7-8-26-18(15)21-11-22-19/h3-8,11,13H,9-10H2,1-2H3,(H,20,24)/t13-/m1/s1. The minimum Gasteiger partial charge on any atom is -0.452 e. The van der Waals surface area contributed by atoms with Crippen LogP contribution >= 0.6 is 23.1 Å². The van der Waals surface area contributed by atoms with E-state index in [1.54, 1.807) is 6.92 Å². The van der Waals surface area contributed by atoms with Crippen molar-refractivity contribution in [3.63, 3.8) is 0 Å². The highest BCUT2D eigenvalue weighted by molar-refractivity contribution is 8.00. The van der Waals surface area contributed by atoms with Crippen LogP contribution in [-0.2, 0) is 20.9 Å². The molecule has 1 atom stereocenters. The molecular weight excluding hydrogens is 382 g/mol. The van der Waals surface area contributed by atoms with E-state index in [4.69, 9.17) is 4.74 Å². The number of carbonyl (C=O) groups excluding carboxylic acids is 2. The van der Waals surface area contributed by atoms with E-state index in [0.717, 1.165) is 26.4 Å². The van der Waals surface area contributed by atoms with Gasteiger partial charge in [0.15, 0.2) is 6.10 Å². The second-order valence-corrected chi connectivity index (χ2v) is 7.80. The SMILES string of the molecule is Cc1ccc(CNC(=O)[C@@H](C)OC(=O)CSc2ncnc3sccc23)cc1. The summed E-state index contributed by atoms with van der Waals surface area (Å²) in [5.41, 5.74) is 2.15. The molecule has 0 fully saturated rings. The molecule has 0 saturated heterocycles. The topological polar surface area (TPSA) is 81.2 Å². The number of nitrogens with one attached hydrogen (secondary N) is 1. The molecule has 0 bridgehead atoms. The second-order valence-electron chi connectivity index (χ2n) is 5.94. The summed E-state index contributed by atoms with van der Waals surface area (Å²) in [4.78, 5) is 33.4. The molecular formula is C19H19N3O3S2. The van der Waals surface area contributed by atoms with Gasteiger partial charge in [-0.2, -0.15) is 0 Å². The molecule has 0 radical (unpaired) electrons. The smallest absolute Gasteiger partial charge is 0.317 e. The largest absolute Gasteiger partial charge is 0.452 e. The van der Waals surface area contributed by atoms with Crippen molar-refractivity contribution in [2.24, 2.45) is 0 Å². The predicted molar refractivity (Wildman–Crippen MR) is 107 cm³/mol. The highest BCUT2D eigenvalue weighted by Crippen LogP contribution is 2.27. The first-order valence-corrected chi connectivity index (χ1v) is 10.2. The lowest BCUT2D eigenvalue weighted by Gasteiger charge is -2.13. The van der Waals surface area contributed by atoms with Gasteiger partial charge in [0.05, 0.1) is 5.75 Å². The fraction of sp³-hybridized carbons (Fsp3) is 0.263. The molecule has 0 aliphatic rings. The molecule has 1 amide bonds. The monoisotopic (exact) mass is 401 g/mol. The lowest BCUT2D eigenvalue weighted by Crippen LogP contribution is -2.35. The third-order valence-corrected chi connectivity index (χ3v) is 5.62. The molecule has 2 aromatic heterocycles. The van der Waals surface area contributed by atoms with Crippen molar-refractivity contribution in [3.05, 3.63) is 53.2 Å². The van der Waals surface area contributed by atoms with E-state index in [1.165, 1.54) is 29.4 Å². The molecule has 6 nitrogen and oxygen atoms in total.